The summed E-state index contributed by atoms with van der Waals surface area (Å²) in [5.41, 5.74) is 3.03. The molecule has 0 fully saturated rings. The molecule has 1 atom stereocenters. The fraction of sp³-hybridized carbons (Fsp3) is 0.125. The maximum absolute atomic E-state index is 14.1. The first-order valence-electron chi connectivity index (χ1n) is 12.5. The van der Waals surface area contributed by atoms with Gasteiger partial charge in [-0.1, -0.05) is 48.5 Å². The number of rotatable bonds is 6. The van der Waals surface area contributed by atoms with E-state index in [1.165, 1.54) is 24.1 Å². The number of halogens is 1. The van der Waals surface area contributed by atoms with Crippen LogP contribution in [0.4, 0.5) is 10.1 Å². The highest BCUT2D eigenvalue weighted by Gasteiger charge is 2.44. The summed E-state index contributed by atoms with van der Waals surface area (Å²) < 4.78 is 31.7. The van der Waals surface area contributed by atoms with Crippen molar-refractivity contribution in [3.8, 4) is 11.5 Å². The number of ether oxygens (including phenoxy) is 2. The monoisotopic (exact) mass is 521 g/mol. The number of aryl methyl sites for hydroxylation is 1. The molecule has 0 aliphatic carbocycles. The lowest BCUT2D eigenvalue weighted by Crippen LogP contribution is -2.29. The number of carbonyl (C=O) groups is 1. The van der Waals surface area contributed by atoms with Crippen molar-refractivity contribution in [2.75, 3.05) is 12.0 Å². The first kappa shape index (κ1) is 24.4. The van der Waals surface area contributed by atoms with Crippen molar-refractivity contribution < 1.29 is 23.1 Å². The molecule has 2 heterocycles. The van der Waals surface area contributed by atoms with Crippen LogP contribution in [0, 0.1) is 12.7 Å². The highest BCUT2D eigenvalue weighted by molar-refractivity contribution is 6.10. The van der Waals surface area contributed by atoms with Gasteiger partial charge < -0.3 is 13.9 Å². The average molecular weight is 522 g/mol. The lowest BCUT2D eigenvalue weighted by Gasteiger charge is -2.26. The number of hydrogen-bond acceptors (Lipinski definition) is 5. The Hall–Kier alpha value is -4.91. The molecule has 1 aliphatic heterocycles. The fourth-order valence-electron chi connectivity index (χ4n) is 5.01. The maximum atomic E-state index is 14.1. The Balaban J connectivity index is 1.50. The number of nitrogens with zero attached hydrogens (tertiary/aromatic N) is 1. The maximum Gasteiger partial charge on any atom is 0.295 e. The van der Waals surface area contributed by atoms with E-state index in [0.29, 0.717) is 29.4 Å². The zero-order valence-corrected chi connectivity index (χ0v) is 21.3. The number of carbonyl (C=O) groups excluding carboxylic acids is 1. The first-order chi connectivity index (χ1) is 18.9. The van der Waals surface area contributed by atoms with Gasteiger partial charge in [0.1, 0.15) is 18.0 Å². The smallest absolute Gasteiger partial charge is 0.295 e. The van der Waals surface area contributed by atoms with Crippen molar-refractivity contribution in [3.05, 3.63) is 135 Å². The van der Waals surface area contributed by atoms with Crippen LogP contribution in [0.25, 0.3) is 11.0 Å². The summed E-state index contributed by atoms with van der Waals surface area (Å²) in [6, 6.07) is 25.4. The van der Waals surface area contributed by atoms with Gasteiger partial charge in [0.05, 0.1) is 24.1 Å². The molecule has 6 nitrogen and oxygen atoms in total. The Morgan fingerprint density at radius 3 is 2.49 bits per heavy atom. The lowest BCUT2D eigenvalue weighted by atomic mass is 9.97. The van der Waals surface area contributed by atoms with Gasteiger partial charge >= 0.3 is 0 Å². The van der Waals surface area contributed by atoms with E-state index in [-0.39, 0.29) is 22.3 Å². The van der Waals surface area contributed by atoms with E-state index in [9.17, 15) is 14.0 Å². The Labute approximate surface area is 223 Å². The van der Waals surface area contributed by atoms with E-state index >= 15 is 0 Å². The zero-order valence-electron chi connectivity index (χ0n) is 21.3. The number of fused-ring (bicyclic) bond motifs is 2. The van der Waals surface area contributed by atoms with Crippen LogP contribution in [-0.4, -0.2) is 13.0 Å². The van der Waals surface area contributed by atoms with E-state index in [2.05, 4.69) is 0 Å². The zero-order chi connectivity index (χ0) is 27.1. The van der Waals surface area contributed by atoms with Crippen molar-refractivity contribution in [2.45, 2.75) is 19.6 Å². The summed E-state index contributed by atoms with van der Waals surface area (Å²) in [7, 11) is 1.53. The fourth-order valence-corrected chi connectivity index (χ4v) is 5.01. The average Bonchev–Trinajstić information content (AvgIpc) is 3.25. The number of anilines is 1. The molecule has 39 heavy (non-hydrogen) atoms. The second kappa shape index (κ2) is 9.76. The molecule has 4 aromatic carbocycles. The van der Waals surface area contributed by atoms with Gasteiger partial charge in [0.15, 0.2) is 16.9 Å². The van der Waals surface area contributed by atoms with Crippen LogP contribution in [0.3, 0.4) is 0 Å². The SMILES string of the molecule is COc1cc(C2c3c(oc4ccc(F)cc4c3=O)C(=O)N2c2cccc(C)c2)ccc1OCc1ccccc1. The number of benzene rings is 4. The van der Waals surface area contributed by atoms with Gasteiger partial charge in [-0.2, -0.15) is 0 Å². The minimum atomic E-state index is -0.824. The highest BCUT2D eigenvalue weighted by Crippen LogP contribution is 2.43. The summed E-state index contributed by atoms with van der Waals surface area (Å²) in [6.07, 6.45) is 0. The van der Waals surface area contributed by atoms with Gasteiger partial charge in [0.25, 0.3) is 5.91 Å². The van der Waals surface area contributed by atoms with Gasteiger partial charge in [0, 0.05) is 5.69 Å². The minimum Gasteiger partial charge on any atom is -0.493 e. The van der Waals surface area contributed by atoms with Gasteiger partial charge in [-0.25, -0.2) is 4.39 Å². The Kier molecular flexibility index (Phi) is 6.11. The molecule has 0 saturated heterocycles. The molecule has 0 saturated carbocycles. The summed E-state index contributed by atoms with van der Waals surface area (Å²) in [6.45, 7) is 2.27. The molecule has 0 radical (unpaired) electrons. The summed E-state index contributed by atoms with van der Waals surface area (Å²) >= 11 is 0. The molecular weight excluding hydrogens is 497 g/mol. The van der Waals surface area contributed by atoms with Gasteiger partial charge in [-0.3, -0.25) is 14.5 Å². The molecule has 0 bridgehead atoms. The van der Waals surface area contributed by atoms with Crippen LogP contribution in [0.1, 0.15) is 38.9 Å². The molecule has 1 amide bonds. The molecule has 194 valence electrons. The first-order valence-corrected chi connectivity index (χ1v) is 12.5. The third-order valence-electron chi connectivity index (χ3n) is 6.85. The van der Waals surface area contributed by atoms with Crippen molar-refractivity contribution in [3.63, 3.8) is 0 Å². The van der Waals surface area contributed by atoms with Crippen LogP contribution in [0.15, 0.2) is 100 Å². The molecule has 6 rings (SSSR count). The Bertz CT molecular complexity index is 1780. The predicted octanol–water partition coefficient (Wildman–Crippen LogP) is 6.58. The molecule has 0 N–H and O–H groups in total. The number of hydrogen-bond donors (Lipinski definition) is 0. The van der Waals surface area contributed by atoms with Crippen molar-refractivity contribution in [1.29, 1.82) is 0 Å². The quantitative estimate of drug-likeness (QED) is 0.253. The normalized spacial score (nSPS) is 14.5. The highest BCUT2D eigenvalue weighted by atomic mass is 19.1. The van der Waals surface area contributed by atoms with Crippen LogP contribution < -0.4 is 19.8 Å². The molecule has 1 unspecified atom stereocenters. The van der Waals surface area contributed by atoms with Crippen molar-refractivity contribution >= 4 is 22.6 Å². The summed E-state index contributed by atoms with van der Waals surface area (Å²) in [4.78, 5) is 29.1. The van der Waals surface area contributed by atoms with Crippen LogP contribution in [0.5, 0.6) is 11.5 Å². The minimum absolute atomic E-state index is 0.0611. The van der Waals surface area contributed by atoms with Gasteiger partial charge in [0.2, 0.25) is 5.76 Å². The summed E-state index contributed by atoms with van der Waals surface area (Å²) in [5.74, 6) is -0.108. The molecule has 0 spiro atoms. The second-order valence-corrected chi connectivity index (χ2v) is 9.42. The topological polar surface area (TPSA) is 69.0 Å². The molecular formula is C32H24FNO5. The number of amides is 1. The van der Waals surface area contributed by atoms with Crippen LogP contribution >= 0.6 is 0 Å². The second-order valence-electron chi connectivity index (χ2n) is 9.42. The van der Waals surface area contributed by atoms with E-state index < -0.39 is 23.2 Å². The Morgan fingerprint density at radius 2 is 1.72 bits per heavy atom. The largest absolute Gasteiger partial charge is 0.493 e. The van der Waals surface area contributed by atoms with Gasteiger partial charge in [-0.05, 0) is 66.1 Å². The van der Waals surface area contributed by atoms with Crippen molar-refractivity contribution in [1.82, 2.24) is 0 Å². The predicted molar refractivity (Wildman–Crippen MR) is 146 cm³/mol. The summed E-state index contributed by atoms with van der Waals surface area (Å²) in [5, 5.41) is 0.0763. The third-order valence-corrected chi connectivity index (χ3v) is 6.85. The van der Waals surface area contributed by atoms with E-state index in [4.69, 9.17) is 13.9 Å². The van der Waals surface area contributed by atoms with Crippen molar-refractivity contribution in [2.24, 2.45) is 0 Å². The van der Waals surface area contributed by atoms with Gasteiger partial charge in [-0.15, -0.1) is 0 Å². The molecule has 5 aromatic rings. The van der Waals surface area contributed by atoms with E-state index in [1.54, 1.807) is 18.2 Å². The molecule has 7 heteroatoms. The van der Waals surface area contributed by atoms with Crippen LogP contribution in [-0.2, 0) is 6.61 Å². The number of methoxy groups -OCH3 is 1. The molecule has 1 aliphatic rings. The standard InChI is InChI=1S/C32H24FNO5/c1-19-7-6-10-23(15-19)34-29(28-30(35)24-17-22(33)12-14-25(24)39-31(28)32(34)36)21-11-13-26(27(16-21)37-2)38-18-20-8-4-3-5-9-20/h3-17,29H,18H2,1-2H3. The molecule has 1 aromatic heterocycles. The third kappa shape index (κ3) is 4.32. The van der Waals surface area contributed by atoms with E-state index in [1.807, 2.05) is 61.5 Å². The van der Waals surface area contributed by atoms with Crippen LogP contribution in [0.2, 0.25) is 0 Å². The lowest BCUT2D eigenvalue weighted by molar-refractivity contribution is 0.0971. The Morgan fingerprint density at radius 1 is 0.897 bits per heavy atom. The van der Waals surface area contributed by atoms with E-state index in [0.717, 1.165) is 17.2 Å².